The number of aliphatic hydroxyl groups is 1. The average molecular weight is 483 g/mol. The van der Waals surface area contributed by atoms with Crippen molar-refractivity contribution in [2.45, 2.75) is 109 Å². The summed E-state index contributed by atoms with van der Waals surface area (Å²) in [5, 5.41) is 8.90. The minimum absolute atomic E-state index is 0.134. The molecule has 0 aliphatic carbocycles. The van der Waals surface area contributed by atoms with E-state index in [1.165, 1.54) is 0 Å². The first-order chi connectivity index (χ1) is 16.0. The third-order valence-electron chi connectivity index (χ3n) is 6.39. The van der Waals surface area contributed by atoms with Crippen LogP contribution in [-0.2, 0) is 33.2 Å². The lowest BCUT2D eigenvalue weighted by atomic mass is 9.85. The number of hydrogen-bond acceptors (Lipinski definition) is 8. The van der Waals surface area contributed by atoms with Crippen molar-refractivity contribution in [1.82, 2.24) is 0 Å². The summed E-state index contributed by atoms with van der Waals surface area (Å²) in [7, 11) is 1.59. The Morgan fingerprint density at radius 3 is 2.56 bits per heavy atom. The molecule has 0 spiro atoms. The van der Waals surface area contributed by atoms with E-state index in [1.54, 1.807) is 21.0 Å². The molecule has 0 radical (unpaired) electrons. The van der Waals surface area contributed by atoms with E-state index in [0.29, 0.717) is 44.3 Å². The average Bonchev–Trinajstić information content (AvgIpc) is 3.20. The van der Waals surface area contributed by atoms with Gasteiger partial charge in [-0.1, -0.05) is 5.92 Å². The van der Waals surface area contributed by atoms with Crippen LogP contribution >= 0.6 is 0 Å². The lowest BCUT2D eigenvalue weighted by Crippen LogP contribution is -2.42. The number of hydrogen-bond donors (Lipinski definition) is 1. The van der Waals surface area contributed by atoms with Gasteiger partial charge >= 0.3 is 5.97 Å². The van der Waals surface area contributed by atoms with Crippen LogP contribution in [0.4, 0.5) is 0 Å². The molecule has 8 nitrogen and oxygen atoms in total. The van der Waals surface area contributed by atoms with E-state index >= 15 is 0 Å². The Morgan fingerprint density at radius 2 is 1.91 bits per heavy atom. The predicted molar refractivity (Wildman–Crippen MR) is 127 cm³/mol. The van der Waals surface area contributed by atoms with Gasteiger partial charge in [0.2, 0.25) is 0 Å². The first-order valence-electron chi connectivity index (χ1n) is 12.1. The minimum Gasteiger partial charge on any atom is -0.463 e. The zero-order valence-electron chi connectivity index (χ0n) is 21.8. The first-order valence-corrected chi connectivity index (χ1v) is 12.1. The van der Waals surface area contributed by atoms with Crippen molar-refractivity contribution in [3.05, 3.63) is 11.6 Å². The van der Waals surface area contributed by atoms with E-state index in [9.17, 15) is 4.79 Å². The highest BCUT2D eigenvalue weighted by molar-refractivity contribution is 5.87. The topological polar surface area (TPSA) is 92.7 Å². The van der Waals surface area contributed by atoms with Crippen molar-refractivity contribution in [2.24, 2.45) is 0 Å². The second-order valence-corrected chi connectivity index (χ2v) is 9.81. The maximum Gasteiger partial charge on any atom is 0.333 e. The molecule has 5 atom stereocenters. The van der Waals surface area contributed by atoms with E-state index in [4.69, 9.17) is 33.5 Å². The van der Waals surface area contributed by atoms with Crippen molar-refractivity contribution in [2.75, 3.05) is 27.1 Å². The highest BCUT2D eigenvalue weighted by Crippen LogP contribution is 2.44. The maximum absolute atomic E-state index is 12.1. The van der Waals surface area contributed by atoms with Gasteiger partial charge in [0.15, 0.2) is 5.79 Å². The Kier molecular flexibility index (Phi) is 10.6. The molecule has 0 aromatic rings. The monoisotopic (exact) mass is 482 g/mol. The van der Waals surface area contributed by atoms with Gasteiger partial charge < -0.3 is 33.5 Å². The van der Waals surface area contributed by atoms with Crippen LogP contribution in [0, 0.1) is 11.8 Å². The maximum atomic E-state index is 12.1. The molecule has 0 aromatic carbocycles. The summed E-state index contributed by atoms with van der Waals surface area (Å²) >= 11 is 0. The van der Waals surface area contributed by atoms with Crippen molar-refractivity contribution in [3.63, 3.8) is 0 Å². The molecule has 0 unspecified atom stereocenters. The molecule has 1 N–H and O–H groups in total. The number of carbonyl (C=O) groups is 1. The number of rotatable bonds is 11. The van der Waals surface area contributed by atoms with Crippen LogP contribution in [0.15, 0.2) is 11.6 Å². The minimum atomic E-state index is -0.696. The largest absolute Gasteiger partial charge is 0.463 e. The molecule has 2 rings (SSSR count). The summed E-state index contributed by atoms with van der Waals surface area (Å²) in [5.74, 6) is 4.61. The lowest BCUT2D eigenvalue weighted by molar-refractivity contribution is -0.167. The van der Waals surface area contributed by atoms with Crippen molar-refractivity contribution < 1.29 is 38.3 Å². The Hall–Kier alpha value is -1.47. The molecular weight excluding hydrogens is 440 g/mol. The predicted octanol–water partition coefficient (Wildman–Crippen LogP) is 3.50. The van der Waals surface area contributed by atoms with Gasteiger partial charge in [0.1, 0.15) is 13.4 Å². The molecule has 0 aromatic heterocycles. The van der Waals surface area contributed by atoms with Gasteiger partial charge in [-0.2, -0.15) is 0 Å². The molecule has 194 valence electrons. The Morgan fingerprint density at radius 1 is 1.18 bits per heavy atom. The molecule has 2 aliphatic heterocycles. The van der Waals surface area contributed by atoms with Gasteiger partial charge in [0.25, 0.3) is 0 Å². The van der Waals surface area contributed by atoms with Crippen molar-refractivity contribution in [1.29, 1.82) is 0 Å². The fourth-order valence-electron chi connectivity index (χ4n) is 4.80. The van der Waals surface area contributed by atoms with Crippen LogP contribution in [-0.4, -0.2) is 73.5 Å². The number of ether oxygens (including phenoxy) is 6. The van der Waals surface area contributed by atoms with Gasteiger partial charge in [-0.15, -0.1) is 5.92 Å². The zero-order valence-corrected chi connectivity index (χ0v) is 21.8. The SMILES string of the molecule is CCOC(=O)/C(C)=C\[C@@H]1C[C@@](C)(OCOC)[C@H](CC[C@]2(C)OC(C)(C)O[C@H]2CCC#CCO)O1. The molecule has 8 heteroatoms. The molecule has 2 saturated heterocycles. The molecule has 2 fully saturated rings. The van der Waals surface area contributed by atoms with E-state index < -0.39 is 17.0 Å². The summed E-state index contributed by atoms with van der Waals surface area (Å²) in [6.07, 6.45) is 4.48. The number of aliphatic hydroxyl groups excluding tert-OH is 1. The van der Waals surface area contributed by atoms with Gasteiger partial charge in [-0.05, 0) is 66.9 Å². The summed E-state index contributed by atoms with van der Waals surface area (Å²) < 4.78 is 35.2. The van der Waals surface area contributed by atoms with Gasteiger partial charge in [0, 0.05) is 25.5 Å². The molecule has 2 aliphatic rings. The summed E-state index contributed by atoms with van der Waals surface area (Å²) in [4.78, 5) is 12.1. The van der Waals surface area contributed by atoms with Gasteiger partial charge in [-0.3, -0.25) is 0 Å². The normalized spacial score (nSPS) is 32.9. The van der Waals surface area contributed by atoms with Crippen LogP contribution < -0.4 is 0 Å². The Bertz CT molecular complexity index is 766. The van der Waals surface area contributed by atoms with E-state index in [1.807, 2.05) is 26.8 Å². The molecule has 0 saturated carbocycles. The van der Waals surface area contributed by atoms with Crippen LogP contribution in [0.3, 0.4) is 0 Å². The Balaban J connectivity index is 2.12. The molecule has 2 heterocycles. The third-order valence-corrected chi connectivity index (χ3v) is 6.39. The zero-order chi connectivity index (χ0) is 25.4. The van der Waals surface area contributed by atoms with Crippen LogP contribution in [0.1, 0.15) is 73.6 Å². The highest BCUT2D eigenvalue weighted by atomic mass is 16.8. The number of esters is 1. The van der Waals surface area contributed by atoms with Crippen LogP contribution in [0.5, 0.6) is 0 Å². The number of methoxy groups -OCH3 is 1. The lowest BCUT2D eigenvalue weighted by Gasteiger charge is -2.34. The van der Waals surface area contributed by atoms with Gasteiger partial charge in [0.05, 0.1) is 36.1 Å². The quantitative estimate of drug-likeness (QED) is 0.207. The molecule has 34 heavy (non-hydrogen) atoms. The summed E-state index contributed by atoms with van der Waals surface area (Å²) in [6, 6.07) is 0. The van der Waals surface area contributed by atoms with Gasteiger partial charge in [-0.25, -0.2) is 4.79 Å². The highest BCUT2D eigenvalue weighted by Gasteiger charge is 2.52. The standard InChI is InChI=1S/C26H42O8/c1-8-30-23(28)19(2)16-20-17-26(6,31-18-29-7)21(32-20)13-14-25(5)22(12-10-9-11-15-27)33-24(3,4)34-25/h16,20-22,27H,8,10,12-15,17-18H2,1-7H3/b19-16-/t20-,21+,22+,25+,26-/m1/s1. The second-order valence-electron chi connectivity index (χ2n) is 9.81. The van der Waals surface area contributed by atoms with E-state index in [-0.39, 0.29) is 37.7 Å². The molecule has 0 amide bonds. The fourth-order valence-corrected chi connectivity index (χ4v) is 4.80. The third kappa shape index (κ3) is 7.77. The van der Waals surface area contributed by atoms with Crippen molar-refractivity contribution >= 4 is 5.97 Å². The van der Waals surface area contributed by atoms with Crippen LogP contribution in [0.25, 0.3) is 0 Å². The Labute approximate surface area is 204 Å². The molecule has 0 bridgehead atoms. The first kappa shape index (κ1) is 28.8. The smallest absolute Gasteiger partial charge is 0.333 e. The van der Waals surface area contributed by atoms with Crippen LogP contribution in [0.2, 0.25) is 0 Å². The number of carbonyl (C=O) groups excluding carboxylic acids is 1. The van der Waals surface area contributed by atoms with E-state index in [0.717, 1.165) is 0 Å². The van der Waals surface area contributed by atoms with E-state index in [2.05, 4.69) is 18.8 Å². The summed E-state index contributed by atoms with van der Waals surface area (Å²) in [5.41, 5.74) is -0.587. The fraction of sp³-hybridized carbons (Fsp3) is 0.808. The molecular formula is C26H42O8. The van der Waals surface area contributed by atoms with Crippen molar-refractivity contribution in [3.8, 4) is 11.8 Å². The summed E-state index contributed by atoms with van der Waals surface area (Å²) in [6.45, 7) is 11.8. The second kappa shape index (κ2) is 12.5.